The maximum atomic E-state index is 13.2. The predicted octanol–water partition coefficient (Wildman–Crippen LogP) is 2.59. The fourth-order valence-electron chi connectivity index (χ4n) is 2.50. The Labute approximate surface area is 140 Å². The second-order valence-corrected chi connectivity index (χ2v) is 5.70. The lowest BCUT2D eigenvalue weighted by Crippen LogP contribution is -2.55. The summed E-state index contributed by atoms with van der Waals surface area (Å²) in [6.45, 7) is 2.85. The number of pyridine rings is 1. The van der Waals surface area contributed by atoms with E-state index in [-0.39, 0.29) is 11.9 Å². The topological polar surface area (TPSA) is 63.2 Å². The molecule has 1 aliphatic rings. The van der Waals surface area contributed by atoms with Crippen molar-refractivity contribution < 1.29 is 13.9 Å². The molecule has 24 heavy (non-hydrogen) atoms. The van der Waals surface area contributed by atoms with Crippen LogP contribution in [0.1, 0.15) is 22.8 Å². The molecule has 1 fully saturated rings. The van der Waals surface area contributed by atoms with Gasteiger partial charge >= 0.3 is 0 Å². The van der Waals surface area contributed by atoms with Gasteiger partial charge in [-0.15, -0.1) is 0 Å². The number of carbonyl (C=O) groups is 1. The van der Waals surface area contributed by atoms with Gasteiger partial charge in [0.05, 0.1) is 12.2 Å². The van der Waals surface area contributed by atoms with Gasteiger partial charge in [0, 0.05) is 30.5 Å². The van der Waals surface area contributed by atoms with Crippen LogP contribution in [0.15, 0.2) is 42.6 Å². The lowest BCUT2D eigenvalue weighted by atomic mass is 9.96. The Morgan fingerprint density at radius 2 is 2.12 bits per heavy atom. The van der Waals surface area contributed by atoms with Crippen LogP contribution >= 0.6 is 0 Å². The van der Waals surface area contributed by atoms with Crippen molar-refractivity contribution in [3.8, 4) is 5.88 Å². The van der Waals surface area contributed by atoms with Crippen molar-refractivity contribution in [3.63, 3.8) is 0 Å². The summed E-state index contributed by atoms with van der Waals surface area (Å²) < 4.78 is 18.5. The first-order valence-corrected chi connectivity index (χ1v) is 8.02. The lowest BCUT2D eigenvalue weighted by Gasteiger charge is -2.32. The molecular formula is C18H20FN3O2. The average molecular weight is 329 g/mol. The third-order valence-electron chi connectivity index (χ3n) is 3.97. The fourth-order valence-corrected chi connectivity index (χ4v) is 2.50. The first kappa shape index (κ1) is 16.4. The smallest absolute Gasteiger partial charge is 0.257 e. The molecule has 2 heterocycles. The molecule has 0 bridgehead atoms. The van der Waals surface area contributed by atoms with Gasteiger partial charge in [0.25, 0.3) is 5.91 Å². The molecule has 2 N–H and O–H groups in total. The SMILES string of the molecule is CCOc1ccc(C(=O)Nc2ccc(C[C@@H]3NC[C@@H]3F)cc2)cn1. The fraction of sp³-hybridized carbons (Fsp3) is 0.333. The summed E-state index contributed by atoms with van der Waals surface area (Å²) in [4.78, 5) is 16.3. The third-order valence-corrected chi connectivity index (χ3v) is 3.97. The molecule has 2 atom stereocenters. The quantitative estimate of drug-likeness (QED) is 0.855. The summed E-state index contributed by atoms with van der Waals surface area (Å²) in [5, 5.41) is 5.88. The number of alkyl halides is 1. The Morgan fingerprint density at radius 3 is 2.67 bits per heavy atom. The van der Waals surface area contributed by atoms with E-state index in [1.807, 2.05) is 31.2 Å². The molecule has 0 spiro atoms. The van der Waals surface area contributed by atoms with E-state index in [0.717, 1.165) is 5.56 Å². The van der Waals surface area contributed by atoms with Crippen LogP contribution < -0.4 is 15.4 Å². The van der Waals surface area contributed by atoms with E-state index in [1.165, 1.54) is 6.20 Å². The molecule has 0 unspecified atom stereocenters. The highest BCUT2D eigenvalue weighted by atomic mass is 19.1. The Hall–Kier alpha value is -2.47. The number of hydrogen-bond acceptors (Lipinski definition) is 4. The molecule has 2 aromatic rings. The zero-order valence-corrected chi connectivity index (χ0v) is 13.5. The van der Waals surface area contributed by atoms with E-state index in [4.69, 9.17) is 4.74 Å². The van der Waals surface area contributed by atoms with Crippen LogP contribution in [0.3, 0.4) is 0 Å². The number of aromatic nitrogens is 1. The van der Waals surface area contributed by atoms with Crippen LogP contribution in [0, 0.1) is 0 Å². The maximum absolute atomic E-state index is 13.2. The molecule has 6 heteroatoms. The molecule has 1 amide bonds. The standard InChI is InChI=1S/C18H20FN3O2/c1-2-24-17-8-5-13(10-21-17)18(23)22-14-6-3-12(4-7-14)9-16-15(19)11-20-16/h3-8,10,15-16,20H,2,9,11H2,1H3,(H,22,23)/t15-,16-/m0/s1. The summed E-state index contributed by atoms with van der Waals surface area (Å²) in [6, 6.07) is 10.7. The van der Waals surface area contributed by atoms with E-state index < -0.39 is 6.17 Å². The molecule has 0 saturated carbocycles. The van der Waals surface area contributed by atoms with Gasteiger partial charge in [0.15, 0.2) is 0 Å². The van der Waals surface area contributed by atoms with E-state index in [2.05, 4.69) is 15.6 Å². The van der Waals surface area contributed by atoms with E-state index >= 15 is 0 Å². The maximum Gasteiger partial charge on any atom is 0.257 e. The summed E-state index contributed by atoms with van der Waals surface area (Å²) in [6.07, 6.45) is 1.37. The third kappa shape index (κ3) is 3.89. The van der Waals surface area contributed by atoms with Crippen LogP contribution in [0.4, 0.5) is 10.1 Å². The van der Waals surface area contributed by atoms with Crippen LogP contribution in [0.5, 0.6) is 5.88 Å². The second kappa shape index (κ2) is 7.40. The minimum Gasteiger partial charge on any atom is -0.478 e. The molecular weight excluding hydrogens is 309 g/mol. The first-order valence-electron chi connectivity index (χ1n) is 8.02. The zero-order chi connectivity index (χ0) is 16.9. The zero-order valence-electron chi connectivity index (χ0n) is 13.5. The summed E-state index contributed by atoms with van der Waals surface area (Å²) in [7, 11) is 0. The number of nitrogens with zero attached hydrogens (tertiary/aromatic N) is 1. The molecule has 0 radical (unpaired) electrons. The van der Waals surface area contributed by atoms with Crippen LogP contribution in [-0.2, 0) is 6.42 Å². The number of ether oxygens (including phenoxy) is 1. The predicted molar refractivity (Wildman–Crippen MR) is 90.2 cm³/mol. The van der Waals surface area contributed by atoms with Gasteiger partial charge in [-0.3, -0.25) is 4.79 Å². The number of hydrogen-bond donors (Lipinski definition) is 2. The Bertz CT molecular complexity index is 688. The number of anilines is 1. The molecule has 1 aromatic carbocycles. The number of rotatable bonds is 6. The minimum absolute atomic E-state index is 0.0969. The number of nitrogens with one attached hydrogen (secondary N) is 2. The average Bonchev–Trinajstić information content (AvgIpc) is 2.60. The molecule has 0 aliphatic carbocycles. The Morgan fingerprint density at radius 1 is 1.33 bits per heavy atom. The van der Waals surface area contributed by atoms with Crippen molar-refractivity contribution in [1.29, 1.82) is 0 Å². The highest BCUT2D eigenvalue weighted by Gasteiger charge is 2.29. The second-order valence-electron chi connectivity index (χ2n) is 5.70. The van der Waals surface area contributed by atoms with Gasteiger partial charge in [0.1, 0.15) is 6.17 Å². The number of halogens is 1. The van der Waals surface area contributed by atoms with Crippen molar-refractivity contribution in [2.24, 2.45) is 0 Å². The normalized spacial score (nSPS) is 19.4. The Balaban J connectivity index is 1.57. The van der Waals surface area contributed by atoms with Crippen molar-refractivity contribution in [2.45, 2.75) is 25.6 Å². The van der Waals surface area contributed by atoms with Crippen molar-refractivity contribution in [2.75, 3.05) is 18.5 Å². The van der Waals surface area contributed by atoms with Gasteiger partial charge in [-0.25, -0.2) is 9.37 Å². The monoisotopic (exact) mass is 329 g/mol. The summed E-state index contributed by atoms with van der Waals surface area (Å²) in [5.41, 5.74) is 2.19. The lowest BCUT2D eigenvalue weighted by molar-refractivity contribution is 0.102. The van der Waals surface area contributed by atoms with Gasteiger partial charge < -0.3 is 15.4 Å². The molecule has 1 saturated heterocycles. The largest absolute Gasteiger partial charge is 0.478 e. The highest BCUT2D eigenvalue weighted by Crippen LogP contribution is 2.17. The molecule has 5 nitrogen and oxygen atoms in total. The number of carbonyl (C=O) groups excluding carboxylic acids is 1. The van der Waals surface area contributed by atoms with E-state index in [9.17, 15) is 9.18 Å². The number of amides is 1. The Kier molecular flexibility index (Phi) is 5.05. The van der Waals surface area contributed by atoms with E-state index in [1.54, 1.807) is 12.1 Å². The summed E-state index contributed by atoms with van der Waals surface area (Å²) >= 11 is 0. The molecule has 1 aliphatic heterocycles. The van der Waals surface area contributed by atoms with Crippen molar-refractivity contribution >= 4 is 11.6 Å². The molecule has 1 aromatic heterocycles. The van der Waals surface area contributed by atoms with Crippen LogP contribution in [0.25, 0.3) is 0 Å². The van der Waals surface area contributed by atoms with Gasteiger partial charge in [0.2, 0.25) is 5.88 Å². The first-order chi connectivity index (χ1) is 11.7. The highest BCUT2D eigenvalue weighted by molar-refractivity contribution is 6.04. The van der Waals surface area contributed by atoms with Crippen LogP contribution in [-0.4, -0.2) is 36.3 Å². The van der Waals surface area contributed by atoms with Crippen molar-refractivity contribution in [1.82, 2.24) is 10.3 Å². The molecule has 3 rings (SSSR count). The summed E-state index contributed by atoms with van der Waals surface area (Å²) in [5.74, 6) is 0.261. The van der Waals surface area contributed by atoms with Gasteiger partial charge in [-0.1, -0.05) is 12.1 Å². The van der Waals surface area contributed by atoms with Crippen LogP contribution in [0.2, 0.25) is 0 Å². The number of benzene rings is 1. The minimum atomic E-state index is -0.767. The van der Waals surface area contributed by atoms with E-state index in [0.29, 0.717) is 36.7 Å². The van der Waals surface area contributed by atoms with Crippen molar-refractivity contribution in [3.05, 3.63) is 53.7 Å². The molecule has 126 valence electrons. The van der Waals surface area contributed by atoms with Gasteiger partial charge in [-0.2, -0.15) is 0 Å². The van der Waals surface area contributed by atoms with Gasteiger partial charge in [-0.05, 0) is 37.1 Å².